The number of carbonyl (C=O) groups is 2. The highest BCUT2D eigenvalue weighted by Gasteiger charge is 2.18. The summed E-state index contributed by atoms with van der Waals surface area (Å²) in [7, 11) is 2.48. The molecule has 0 saturated heterocycles. The van der Waals surface area contributed by atoms with Crippen LogP contribution in [-0.2, 0) is 16.0 Å². The van der Waals surface area contributed by atoms with Crippen LogP contribution in [0.2, 0.25) is 0 Å². The predicted molar refractivity (Wildman–Crippen MR) is 60.8 cm³/mol. The van der Waals surface area contributed by atoms with Gasteiger partial charge in [-0.2, -0.15) is 0 Å². The van der Waals surface area contributed by atoms with Gasteiger partial charge in [0.2, 0.25) is 0 Å². The van der Waals surface area contributed by atoms with E-state index in [2.05, 4.69) is 4.74 Å². The summed E-state index contributed by atoms with van der Waals surface area (Å²) < 4.78 is 9.36. The maximum atomic E-state index is 11.2. The number of nitro groups is 1. The minimum absolute atomic E-state index is 0.0538. The molecule has 7 heteroatoms. The second-order valence-corrected chi connectivity index (χ2v) is 3.35. The van der Waals surface area contributed by atoms with Crippen molar-refractivity contribution in [2.45, 2.75) is 6.42 Å². The fraction of sp³-hybridized carbons (Fsp3) is 0.273. The molecule has 7 nitrogen and oxygen atoms in total. The first kappa shape index (κ1) is 13.6. The third-order valence-electron chi connectivity index (χ3n) is 2.32. The molecule has 96 valence electrons. The summed E-state index contributed by atoms with van der Waals surface area (Å²) in [5.74, 6) is -0.543. The quantitative estimate of drug-likeness (QED) is 0.338. The molecule has 0 fully saturated rings. The Bertz CT molecular complexity index is 497. The molecule has 0 saturated carbocycles. The molecule has 1 aromatic rings. The van der Waals surface area contributed by atoms with Crippen molar-refractivity contribution in [1.29, 1.82) is 0 Å². The molecule has 0 atom stereocenters. The number of rotatable bonds is 5. The summed E-state index contributed by atoms with van der Waals surface area (Å²) in [6.07, 6.45) is 0.253. The fourth-order valence-electron chi connectivity index (χ4n) is 1.45. The van der Waals surface area contributed by atoms with Gasteiger partial charge in [-0.05, 0) is 5.56 Å². The molecule has 0 aliphatic heterocycles. The summed E-state index contributed by atoms with van der Waals surface area (Å²) >= 11 is 0. The summed E-state index contributed by atoms with van der Waals surface area (Å²) in [5, 5.41) is 10.7. The summed E-state index contributed by atoms with van der Waals surface area (Å²) in [6.45, 7) is 0. The van der Waals surface area contributed by atoms with Crippen molar-refractivity contribution in [1.82, 2.24) is 0 Å². The van der Waals surface area contributed by atoms with Crippen LogP contribution >= 0.6 is 0 Å². The lowest BCUT2D eigenvalue weighted by atomic mass is 10.0. The second kappa shape index (κ2) is 5.76. The van der Waals surface area contributed by atoms with Gasteiger partial charge in [0.1, 0.15) is 5.75 Å². The van der Waals surface area contributed by atoms with Gasteiger partial charge < -0.3 is 9.47 Å². The molecule has 0 spiro atoms. The Morgan fingerprint density at radius 2 is 2.11 bits per heavy atom. The molecule has 0 amide bonds. The molecule has 0 aromatic heterocycles. The fourth-order valence-corrected chi connectivity index (χ4v) is 1.45. The molecule has 0 aliphatic carbocycles. The number of hydrogen-bond donors (Lipinski definition) is 0. The van der Waals surface area contributed by atoms with Crippen molar-refractivity contribution in [3.63, 3.8) is 0 Å². The van der Waals surface area contributed by atoms with E-state index < -0.39 is 10.9 Å². The smallest absolute Gasteiger partial charge is 0.310 e. The van der Waals surface area contributed by atoms with E-state index in [0.717, 1.165) is 12.1 Å². The van der Waals surface area contributed by atoms with Gasteiger partial charge in [-0.3, -0.25) is 19.7 Å². The summed E-state index contributed by atoms with van der Waals surface area (Å²) in [6, 6.07) is 2.29. The van der Waals surface area contributed by atoms with E-state index in [0.29, 0.717) is 6.29 Å². The minimum Gasteiger partial charge on any atom is -0.496 e. The van der Waals surface area contributed by atoms with Gasteiger partial charge in [-0.25, -0.2) is 0 Å². The second-order valence-electron chi connectivity index (χ2n) is 3.35. The van der Waals surface area contributed by atoms with E-state index in [-0.39, 0.29) is 29.0 Å². The molecule has 1 rings (SSSR count). The van der Waals surface area contributed by atoms with Crippen LogP contribution in [0.5, 0.6) is 5.75 Å². The largest absolute Gasteiger partial charge is 0.496 e. The molecular formula is C11H11NO6. The standard InChI is InChI=1S/C11H11NO6/c1-17-10-5-8(12(15)16)3-7(9(10)6-13)4-11(14)18-2/h3,5-6H,4H2,1-2H3. The van der Waals surface area contributed by atoms with Gasteiger partial charge in [-0.1, -0.05) is 0 Å². The molecule has 0 radical (unpaired) electrons. The van der Waals surface area contributed by atoms with Crippen LogP contribution < -0.4 is 4.74 Å². The first-order chi connectivity index (χ1) is 8.53. The first-order valence-corrected chi connectivity index (χ1v) is 4.90. The number of nitrogens with zero attached hydrogens (tertiary/aromatic N) is 1. The Morgan fingerprint density at radius 3 is 2.56 bits per heavy atom. The number of aldehydes is 1. The number of methoxy groups -OCH3 is 2. The SMILES string of the molecule is COC(=O)Cc1cc([N+](=O)[O-])cc(OC)c1C=O. The van der Waals surface area contributed by atoms with Gasteiger partial charge in [0.15, 0.2) is 6.29 Å². The van der Waals surface area contributed by atoms with Crippen molar-refractivity contribution < 1.29 is 24.0 Å². The van der Waals surface area contributed by atoms with Gasteiger partial charge in [-0.15, -0.1) is 0 Å². The third-order valence-corrected chi connectivity index (χ3v) is 2.32. The number of ether oxygens (including phenoxy) is 2. The Balaban J connectivity index is 3.35. The van der Waals surface area contributed by atoms with Gasteiger partial charge in [0.25, 0.3) is 5.69 Å². The Hall–Kier alpha value is -2.44. The number of esters is 1. The van der Waals surface area contributed by atoms with Crippen molar-refractivity contribution in [2.75, 3.05) is 14.2 Å². The van der Waals surface area contributed by atoms with Crippen LogP contribution in [0.25, 0.3) is 0 Å². The lowest BCUT2D eigenvalue weighted by molar-refractivity contribution is -0.385. The maximum absolute atomic E-state index is 11.2. The van der Waals surface area contributed by atoms with Gasteiger partial charge in [0, 0.05) is 6.07 Å². The predicted octanol–water partition coefficient (Wildman–Crippen LogP) is 1.13. The van der Waals surface area contributed by atoms with Gasteiger partial charge in [0.05, 0.1) is 37.2 Å². The van der Waals surface area contributed by atoms with Crippen LogP contribution in [-0.4, -0.2) is 31.4 Å². The van der Waals surface area contributed by atoms with Crippen molar-refractivity contribution in [2.24, 2.45) is 0 Å². The van der Waals surface area contributed by atoms with E-state index in [1.54, 1.807) is 0 Å². The van der Waals surface area contributed by atoms with E-state index in [1.807, 2.05) is 0 Å². The van der Waals surface area contributed by atoms with Crippen LogP contribution in [0.1, 0.15) is 15.9 Å². The first-order valence-electron chi connectivity index (χ1n) is 4.90. The number of non-ortho nitro benzene ring substituents is 1. The maximum Gasteiger partial charge on any atom is 0.310 e. The van der Waals surface area contributed by atoms with E-state index >= 15 is 0 Å². The lowest BCUT2D eigenvalue weighted by Gasteiger charge is -2.08. The zero-order valence-corrected chi connectivity index (χ0v) is 9.84. The molecule has 0 unspecified atom stereocenters. The van der Waals surface area contributed by atoms with Crippen LogP contribution in [0.4, 0.5) is 5.69 Å². The Morgan fingerprint density at radius 1 is 1.44 bits per heavy atom. The average Bonchev–Trinajstić information content (AvgIpc) is 2.37. The van der Waals surface area contributed by atoms with Crippen LogP contribution in [0.15, 0.2) is 12.1 Å². The number of nitro benzene ring substituents is 1. The number of carbonyl (C=O) groups excluding carboxylic acids is 2. The average molecular weight is 253 g/mol. The van der Waals surface area contributed by atoms with Crippen LogP contribution in [0, 0.1) is 10.1 Å². The Labute approximate surface area is 102 Å². The van der Waals surface area contributed by atoms with Crippen molar-refractivity contribution in [3.05, 3.63) is 33.4 Å². The molecular weight excluding hydrogens is 242 g/mol. The molecule has 0 bridgehead atoms. The van der Waals surface area contributed by atoms with E-state index in [1.165, 1.54) is 14.2 Å². The molecule has 1 aromatic carbocycles. The zero-order chi connectivity index (χ0) is 13.7. The zero-order valence-electron chi connectivity index (χ0n) is 9.84. The number of benzene rings is 1. The minimum atomic E-state index is -0.627. The highest BCUT2D eigenvalue weighted by molar-refractivity contribution is 5.86. The normalized spacial score (nSPS) is 9.67. The van der Waals surface area contributed by atoms with E-state index in [9.17, 15) is 19.7 Å². The summed E-state index contributed by atoms with van der Waals surface area (Å²) in [4.78, 5) is 32.2. The molecule has 0 heterocycles. The summed E-state index contributed by atoms with van der Waals surface area (Å²) in [5.41, 5.74) is 0.0488. The van der Waals surface area contributed by atoms with Crippen LogP contribution in [0.3, 0.4) is 0 Å². The third kappa shape index (κ3) is 2.82. The molecule has 0 aliphatic rings. The molecule has 0 N–H and O–H groups in total. The van der Waals surface area contributed by atoms with Crippen molar-refractivity contribution >= 4 is 17.9 Å². The monoisotopic (exact) mass is 253 g/mol. The molecule has 18 heavy (non-hydrogen) atoms. The van der Waals surface area contributed by atoms with Crippen molar-refractivity contribution in [3.8, 4) is 5.75 Å². The number of hydrogen-bond acceptors (Lipinski definition) is 6. The van der Waals surface area contributed by atoms with Gasteiger partial charge >= 0.3 is 5.97 Å². The highest BCUT2D eigenvalue weighted by atomic mass is 16.6. The van der Waals surface area contributed by atoms with E-state index in [4.69, 9.17) is 4.74 Å². The topological polar surface area (TPSA) is 95.7 Å². The highest BCUT2D eigenvalue weighted by Crippen LogP contribution is 2.28. The Kier molecular flexibility index (Phi) is 4.36. The lowest BCUT2D eigenvalue weighted by Crippen LogP contribution is -2.08.